The number of carbonyl (C=O) groups excluding carboxylic acids is 1. The van der Waals surface area contributed by atoms with Gasteiger partial charge < -0.3 is 10.6 Å². The lowest BCUT2D eigenvalue weighted by molar-refractivity contribution is -0.132. The van der Waals surface area contributed by atoms with Gasteiger partial charge in [-0.25, -0.2) is 8.42 Å². The van der Waals surface area contributed by atoms with Crippen LogP contribution in [0.1, 0.15) is 25.7 Å². The topological polar surface area (TPSA) is 80.5 Å². The Hall–Kier alpha value is -0.620. The molecule has 1 unspecified atom stereocenters. The number of likely N-dealkylation sites (tertiary alicyclic amines) is 1. The van der Waals surface area contributed by atoms with Gasteiger partial charge in [0.05, 0.1) is 5.75 Å². The molecule has 0 bridgehead atoms. The number of carbonyl (C=O) groups is 1. The molecule has 0 spiro atoms. The van der Waals surface area contributed by atoms with Gasteiger partial charge in [0.2, 0.25) is 5.91 Å². The highest BCUT2D eigenvalue weighted by molar-refractivity contribution is 7.90. The highest BCUT2D eigenvalue weighted by Gasteiger charge is 2.23. The van der Waals surface area contributed by atoms with E-state index in [4.69, 9.17) is 5.73 Å². The molecule has 1 fully saturated rings. The van der Waals surface area contributed by atoms with Crippen LogP contribution in [0.4, 0.5) is 0 Å². The number of piperidine rings is 1. The number of amides is 1. The van der Waals surface area contributed by atoms with Crippen molar-refractivity contribution in [2.75, 3.05) is 31.6 Å². The lowest BCUT2D eigenvalue weighted by Crippen LogP contribution is -2.40. The molecule has 5 nitrogen and oxygen atoms in total. The largest absolute Gasteiger partial charge is 0.342 e. The fourth-order valence-corrected chi connectivity index (χ4v) is 2.74. The van der Waals surface area contributed by atoms with Crippen molar-refractivity contribution in [3.05, 3.63) is 0 Å². The molecule has 2 N–H and O–H groups in total. The van der Waals surface area contributed by atoms with Gasteiger partial charge in [0.25, 0.3) is 0 Å². The zero-order chi connectivity index (χ0) is 12.9. The van der Waals surface area contributed by atoms with Crippen LogP contribution in [0.3, 0.4) is 0 Å². The maximum atomic E-state index is 11.8. The third-order valence-electron chi connectivity index (χ3n) is 3.13. The van der Waals surface area contributed by atoms with Gasteiger partial charge in [-0.2, -0.15) is 0 Å². The first-order chi connectivity index (χ1) is 7.92. The maximum absolute atomic E-state index is 11.8. The van der Waals surface area contributed by atoms with E-state index in [2.05, 4.69) is 0 Å². The van der Waals surface area contributed by atoms with Crippen LogP contribution in [0.5, 0.6) is 0 Å². The molecule has 0 aromatic carbocycles. The first kappa shape index (κ1) is 14.4. The predicted molar refractivity (Wildman–Crippen MR) is 67.3 cm³/mol. The Bertz CT molecular complexity index is 352. The van der Waals surface area contributed by atoms with Crippen LogP contribution in [0.2, 0.25) is 0 Å². The van der Waals surface area contributed by atoms with E-state index in [1.54, 1.807) is 4.90 Å². The minimum absolute atomic E-state index is 0.0443. The lowest BCUT2D eigenvalue weighted by Gasteiger charge is -2.32. The summed E-state index contributed by atoms with van der Waals surface area (Å²) in [5, 5.41) is 0. The Morgan fingerprint density at radius 2 is 2.18 bits per heavy atom. The number of hydrogen-bond acceptors (Lipinski definition) is 4. The monoisotopic (exact) mass is 262 g/mol. The molecule has 0 aliphatic carbocycles. The summed E-state index contributed by atoms with van der Waals surface area (Å²) in [6.07, 6.45) is 4.32. The smallest absolute Gasteiger partial charge is 0.223 e. The van der Waals surface area contributed by atoms with E-state index in [9.17, 15) is 13.2 Å². The summed E-state index contributed by atoms with van der Waals surface area (Å²) in [6.45, 7) is 2.14. The number of hydrogen-bond donors (Lipinski definition) is 1. The normalized spacial score (nSPS) is 21.5. The van der Waals surface area contributed by atoms with Crippen LogP contribution in [0.25, 0.3) is 0 Å². The predicted octanol–water partition coefficient (Wildman–Crippen LogP) is 0.00850. The van der Waals surface area contributed by atoms with Gasteiger partial charge in [0.15, 0.2) is 0 Å². The summed E-state index contributed by atoms with van der Waals surface area (Å²) in [6, 6.07) is 0. The van der Waals surface area contributed by atoms with E-state index in [0.29, 0.717) is 12.5 Å². The van der Waals surface area contributed by atoms with Gasteiger partial charge >= 0.3 is 0 Å². The van der Waals surface area contributed by atoms with Crippen molar-refractivity contribution in [3.8, 4) is 0 Å². The van der Waals surface area contributed by atoms with Gasteiger partial charge in [-0.3, -0.25) is 4.79 Å². The summed E-state index contributed by atoms with van der Waals surface area (Å²) in [5.41, 5.74) is 5.51. The Labute approximate surface area is 103 Å². The van der Waals surface area contributed by atoms with Crippen LogP contribution in [-0.2, 0) is 14.6 Å². The minimum atomic E-state index is -3.05. The van der Waals surface area contributed by atoms with Crippen LogP contribution in [0, 0.1) is 5.92 Å². The maximum Gasteiger partial charge on any atom is 0.223 e. The number of sulfone groups is 1. The molecule has 0 aromatic rings. The van der Waals surface area contributed by atoms with E-state index in [-0.39, 0.29) is 18.1 Å². The summed E-state index contributed by atoms with van der Waals surface area (Å²) in [7, 11) is -3.05. The SMILES string of the molecule is CS(=O)(=O)CCC(=O)N1CCCC(CCN)C1. The Kier molecular flexibility index (Phi) is 5.39. The van der Waals surface area contributed by atoms with Crippen molar-refractivity contribution in [1.29, 1.82) is 0 Å². The second kappa shape index (κ2) is 6.35. The molecular weight excluding hydrogens is 240 g/mol. The Balaban J connectivity index is 2.41. The van der Waals surface area contributed by atoms with E-state index in [1.165, 1.54) is 0 Å². The summed E-state index contributed by atoms with van der Waals surface area (Å²) >= 11 is 0. The van der Waals surface area contributed by atoms with Crippen molar-refractivity contribution in [2.45, 2.75) is 25.7 Å². The second-order valence-electron chi connectivity index (χ2n) is 4.81. The molecule has 1 amide bonds. The van der Waals surface area contributed by atoms with E-state index < -0.39 is 9.84 Å². The summed E-state index contributed by atoms with van der Waals surface area (Å²) in [4.78, 5) is 13.6. The summed E-state index contributed by atoms with van der Waals surface area (Å²) < 4.78 is 22.0. The molecule has 6 heteroatoms. The molecule has 0 radical (unpaired) electrons. The standard InChI is InChI=1S/C11H22N2O3S/c1-17(15,16)8-5-11(14)13-7-2-3-10(9-13)4-6-12/h10H,2-9,12H2,1H3. The molecule has 1 saturated heterocycles. The summed E-state index contributed by atoms with van der Waals surface area (Å²) in [5.74, 6) is 0.386. The quantitative estimate of drug-likeness (QED) is 0.756. The van der Waals surface area contributed by atoms with Gasteiger partial charge in [-0.1, -0.05) is 0 Å². The van der Waals surface area contributed by atoms with Crippen molar-refractivity contribution >= 4 is 15.7 Å². The third kappa shape index (κ3) is 5.50. The molecule has 17 heavy (non-hydrogen) atoms. The third-order valence-corrected chi connectivity index (χ3v) is 4.08. The fourth-order valence-electron chi connectivity index (χ4n) is 2.19. The van der Waals surface area contributed by atoms with E-state index in [1.807, 2.05) is 0 Å². The molecule has 1 heterocycles. The first-order valence-electron chi connectivity index (χ1n) is 6.08. The first-order valence-corrected chi connectivity index (χ1v) is 8.14. The van der Waals surface area contributed by atoms with Crippen molar-refractivity contribution in [1.82, 2.24) is 4.90 Å². The molecule has 1 aliphatic heterocycles. The van der Waals surface area contributed by atoms with Gasteiger partial charge in [0, 0.05) is 25.8 Å². The van der Waals surface area contributed by atoms with Crippen molar-refractivity contribution in [3.63, 3.8) is 0 Å². The van der Waals surface area contributed by atoms with Crippen LogP contribution < -0.4 is 5.73 Å². The second-order valence-corrected chi connectivity index (χ2v) is 7.06. The lowest BCUT2D eigenvalue weighted by atomic mass is 9.95. The number of rotatable bonds is 5. The van der Waals surface area contributed by atoms with E-state index in [0.717, 1.165) is 38.6 Å². The van der Waals surface area contributed by atoms with Crippen LogP contribution in [0.15, 0.2) is 0 Å². The van der Waals surface area contributed by atoms with Crippen LogP contribution >= 0.6 is 0 Å². The van der Waals surface area contributed by atoms with E-state index >= 15 is 0 Å². The highest BCUT2D eigenvalue weighted by atomic mass is 32.2. The Morgan fingerprint density at radius 1 is 1.47 bits per heavy atom. The molecule has 100 valence electrons. The molecule has 0 aromatic heterocycles. The minimum Gasteiger partial charge on any atom is -0.342 e. The van der Waals surface area contributed by atoms with Crippen molar-refractivity contribution in [2.24, 2.45) is 11.7 Å². The average Bonchev–Trinajstić information content (AvgIpc) is 2.26. The fraction of sp³-hybridized carbons (Fsp3) is 0.909. The van der Waals surface area contributed by atoms with Gasteiger partial charge in [0.1, 0.15) is 9.84 Å². The zero-order valence-electron chi connectivity index (χ0n) is 10.4. The molecule has 1 aliphatic rings. The number of nitrogens with zero attached hydrogens (tertiary/aromatic N) is 1. The molecule has 1 rings (SSSR count). The Morgan fingerprint density at radius 3 is 2.76 bits per heavy atom. The van der Waals surface area contributed by atoms with Crippen LogP contribution in [-0.4, -0.2) is 50.9 Å². The van der Waals surface area contributed by atoms with Crippen molar-refractivity contribution < 1.29 is 13.2 Å². The van der Waals surface area contributed by atoms with Gasteiger partial charge in [-0.15, -0.1) is 0 Å². The highest BCUT2D eigenvalue weighted by Crippen LogP contribution is 2.19. The van der Waals surface area contributed by atoms with Gasteiger partial charge in [-0.05, 0) is 31.7 Å². The number of nitrogens with two attached hydrogens (primary N) is 1. The average molecular weight is 262 g/mol. The zero-order valence-corrected chi connectivity index (χ0v) is 11.2. The molecular formula is C11H22N2O3S. The molecule has 0 saturated carbocycles. The molecule has 1 atom stereocenters.